The van der Waals surface area contributed by atoms with Gasteiger partial charge in [0.15, 0.2) is 0 Å². The van der Waals surface area contributed by atoms with Crippen molar-refractivity contribution < 1.29 is 4.79 Å². The number of hydrogen-bond acceptors (Lipinski definition) is 2. The van der Waals surface area contributed by atoms with Crippen molar-refractivity contribution in [1.82, 2.24) is 9.80 Å². The third kappa shape index (κ3) is 3.85. The molecular weight excluding hydrogens is 296 g/mol. The van der Waals surface area contributed by atoms with Gasteiger partial charge in [-0.3, -0.25) is 9.69 Å². The maximum atomic E-state index is 11.9. The maximum Gasteiger partial charge on any atom is 0.253 e. The second-order valence-corrected chi connectivity index (χ2v) is 6.91. The first-order chi connectivity index (χ1) is 11.6. The highest BCUT2D eigenvalue weighted by atomic mass is 16.2. The summed E-state index contributed by atoms with van der Waals surface area (Å²) in [4.78, 5) is 16.1. The van der Waals surface area contributed by atoms with Gasteiger partial charge >= 0.3 is 0 Å². The molecule has 1 heterocycles. The first-order valence-electron chi connectivity index (χ1n) is 8.67. The molecule has 3 nitrogen and oxygen atoms in total. The zero-order valence-corrected chi connectivity index (χ0v) is 14.8. The summed E-state index contributed by atoms with van der Waals surface area (Å²) in [6, 6.07) is 20.0. The maximum absolute atomic E-state index is 11.9. The van der Waals surface area contributed by atoms with Gasteiger partial charge in [0.05, 0.1) is 0 Å². The van der Waals surface area contributed by atoms with Crippen LogP contribution in [0.2, 0.25) is 0 Å². The number of amides is 1. The van der Waals surface area contributed by atoms with Crippen molar-refractivity contribution in [2.75, 3.05) is 20.6 Å². The summed E-state index contributed by atoms with van der Waals surface area (Å²) in [5.74, 6) is 0.0599. The third-order valence-electron chi connectivity index (χ3n) is 4.86. The lowest BCUT2D eigenvalue weighted by Crippen LogP contribution is -2.21. The van der Waals surface area contributed by atoms with Gasteiger partial charge in [-0.1, -0.05) is 42.5 Å². The van der Waals surface area contributed by atoms with Crippen LogP contribution < -0.4 is 0 Å². The fourth-order valence-corrected chi connectivity index (χ4v) is 3.23. The van der Waals surface area contributed by atoms with E-state index < -0.39 is 0 Å². The van der Waals surface area contributed by atoms with Crippen molar-refractivity contribution in [3.05, 3.63) is 71.3 Å². The standard InChI is InChI=1S/C21H26N2O/c1-16(23-15-20(23)18-7-5-4-6-8-18)9-10-17-11-13-19(14-12-17)21(24)22(2)3/h4-8,11-14,16,20H,9-10,15H2,1-3H3. The molecule has 3 unspecified atom stereocenters. The molecule has 1 aliphatic rings. The Labute approximate surface area is 144 Å². The second-order valence-electron chi connectivity index (χ2n) is 6.91. The molecule has 1 aliphatic heterocycles. The fourth-order valence-electron chi connectivity index (χ4n) is 3.23. The number of rotatable bonds is 6. The molecule has 0 spiro atoms. The Kier molecular flexibility index (Phi) is 5.00. The minimum Gasteiger partial charge on any atom is -0.345 e. The van der Waals surface area contributed by atoms with Crippen LogP contribution >= 0.6 is 0 Å². The number of carbonyl (C=O) groups is 1. The summed E-state index contributed by atoms with van der Waals surface area (Å²) in [5, 5.41) is 0. The largest absolute Gasteiger partial charge is 0.345 e. The Hall–Kier alpha value is -2.13. The highest BCUT2D eigenvalue weighted by molar-refractivity contribution is 5.93. The van der Waals surface area contributed by atoms with Crippen LogP contribution in [-0.4, -0.2) is 42.4 Å². The molecule has 2 aromatic carbocycles. The van der Waals surface area contributed by atoms with E-state index in [1.165, 1.54) is 17.7 Å². The number of hydrogen-bond donors (Lipinski definition) is 0. The van der Waals surface area contributed by atoms with Crippen LogP contribution in [0.5, 0.6) is 0 Å². The lowest BCUT2D eigenvalue weighted by Gasteiger charge is -2.15. The molecule has 3 atom stereocenters. The van der Waals surface area contributed by atoms with Crippen LogP contribution in [0, 0.1) is 0 Å². The first-order valence-corrected chi connectivity index (χ1v) is 8.67. The Morgan fingerprint density at radius 1 is 1.12 bits per heavy atom. The van der Waals surface area contributed by atoms with Crippen LogP contribution in [-0.2, 0) is 6.42 Å². The van der Waals surface area contributed by atoms with E-state index in [4.69, 9.17) is 0 Å². The summed E-state index contributed by atoms with van der Waals surface area (Å²) in [5.41, 5.74) is 3.48. The van der Waals surface area contributed by atoms with Gasteiger partial charge in [-0.2, -0.15) is 0 Å². The molecule has 0 radical (unpaired) electrons. The summed E-state index contributed by atoms with van der Waals surface area (Å²) in [6.07, 6.45) is 2.19. The SMILES string of the molecule is CC(CCc1ccc(C(=O)N(C)C)cc1)N1CC1c1ccccc1. The van der Waals surface area contributed by atoms with Gasteiger partial charge in [0.25, 0.3) is 5.91 Å². The fraction of sp³-hybridized carbons (Fsp3) is 0.381. The number of benzene rings is 2. The van der Waals surface area contributed by atoms with Crippen LogP contribution in [0.1, 0.15) is 40.9 Å². The highest BCUT2D eigenvalue weighted by Gasteiger charge is 2.38. The number of aryl methyl sites for hydroxylation is 1. The smallest absolute Gasteiger partial charge is 0.253 e. The lowest BCUT2D eigenvalue weighted by molar-refractivity contribution is 0.0827. The van der Waals surface area contributed by atoms with Gasteiger partial charge < -0.3 is 4.90 Å². The molecule has 3 rings (SSSR count). The zero-order valence-electron chi connectivity index (χ0n) is 14.8. The van der Waals surface area contributed by atoms with E-state index in [1.54, 1.807) is 19.0 Å². The van der Waals surface area contributed by atoms with Crippen LogP contribution in [0.15, 0.2) is 54.6 Å². The predicted molar refractivity (Wildman–Crippen MR) is 98.1 cm³/mol. The van der Waals surface area contributed by atoms with Gasteiger partial charge in [-0.25, -0.2) is 0 Å². The van der Waals surface area contributed by atoms with E-state index in [0.717, 1.165) is 18.4 Å². The summed E-state index contributed by atoms with van der Waals surface area (Å²) < 4.78 is 0. The quantitative estimate of drug-likeness (QED) is 0.756. The number of nitrogens with zero attached hydrogens (tertiary/aromatic N) is 2. The first kappa shape index (κ1) is 16.7. The van der Waals surface area contributed by atoms with Crippen molar-refractivity contribution in [1.29, 1.82) is 0 Å². The minimum atomic E-state index is 0.0599. The average Bonchev–Trinajstić information content (AvgIpc) is 3.41. The third-order valence-corrected chi connectivity index (χ3v) is 4.86. The van der Waals surface area contributed by atoms with Gasteiger partial charge in [0, 0.05) is 38.3 Å². The Morgan fingerprint density at radius 3 is 2.42 bits per heavy atom. The van der Waals surface area contributed by atoms with Crippen LogP contribution in [0.3, 0.4) is 0 Å². The Bertz CT molecular complexity index is 679. The van der Waals surface area contributed by atoms with E-state index in [9.17, 15) is 4.79 Å². The average molecular weight is 322 g/mol. The van der Waals surface area contributed by atoms with E-state index in [0.29, 0.717) is 12.1 Å². The molecule has 24 heavy (non-hydrogen) atoms. The normalized spacial score (nSPS) is 20.5. The molecule has 126 valence electrons. The molecule has 0 N–H and O–H groups in total. The lowest BCUT2D eigenvalue weighted by atomic mass is 10.0. The van der Waals surface area contributed by atoms with Crippen molar-refractivity contribution in [2.24, 2.45) is 0 Å². The van der Waals surface area contributed by atoms with Crippen molar-refractivity contribution in [3.63, 3.8) is 0 Å². The van der Waals surface area contributed by atoms with E-state index in [2.05, 4.69) is 54.3 Å². The van der Waals surface area contributed by atoms with Crippen molar-refractivity contribution >= 4 is 5.91 Å². The van der Waals surface area contributed by atoms with Crippen LogP contribution in [0.25, 0.3) is 0 Å². The van der Waals surface area contributed by atoms with E-state index >= 15 is 0 Å². The monoisotopic (exact) mass is 322 g/mol. The molecule has 0 aliphatic carbocycles. The Morgan fingerprint density at radius 2 is 1.79 bits per heavy atom. The molecule has 1 fully saturated rings. The highest BCUT2D eigenvalue weighted by Crippen LogP contribution is 2.37. The molecular formula is C21H26N2O. The molecule has 0 saturated carbocycles. The Balaban J connectivity index is 1.50. The summed E-state index contributed by atoms with van der Waals surface area (Å²) in [7, 11) is 3.57. The second kappa shape index (κ2) is 7.18. The van der Waals surface area contributed by atoms with Crippen molar-refractivity contribution in [2.45, 2.75) is 31.8 Å². The predicted octanol–water partition coefficient (Wildman–Crippen LogP) is 3.77. The zero-order chi connectivity index (χ0) is 17.1. The van der Waals surface area contributed by atoms with Crippen LogP contribution in [0.4, 0.5) is 0 Å². The van der Waals surface area contributed by atoms with Gasteiger partial charge in [-0.15, -0.1) is 0 Å². The van der Waals surface area contributed by atoms with E-state index in [1.807, 2.05) is 12.1 Å². The molecule has 0 bridgehead atoms. The summed E-state index contributed by atoms with van der Waals surface area (Å²) >= 11 is 0. The molecule has 3 heteroatoms. The van der Waals surface area contributed by atoms with Gasteiger partial charge in [-0.05, 0) is 43.0 Å². The van der Waals surface area contributed by atoms with Gasteiger partial charge in [0.1, 0.15) is 0 Å². The van der Waals surface area contributed by atoms with Gasteiger partial charge in [0.2, 0.25) is 0 Å². The molecule has 1 amide bonds. The molecule has 1 saturated heterocycles. The van der Waals surface area contributed by atoms with Crippen molar-refractivity contribution in [3.8, 4) is 0 Å². The molecule has 2 aromatic rings. The van der Waals surface area contributed by atoms with E-state index in [-0.39, 0.29) is 5.91 Å². The summed E-state index contributed by atoms with van der Waals surface area (Å²) in [6.45, 7) is 3.48. The molecule has 0 aromatic heterocycles. The minimum absolute atomic E-state index is 0.0599. The number of carbonyl (C=O) groups excluding carboxylic acids is 1. The topological polar surface area (TPSA) is 23.3 Å².